The van der Waals surface area contributed by atoms with E-state index in [-0.39, 0.29) is 5.91 Å². The molecule has 3 rings (SSSR count). The third-order valence-electron chi connectivity index (χ3n) is 4.37. The number of amides is 1. The Morgan fingerprint density at radius 1 is 1.26 bits per heavy atom. The minimum absolute atomic E-state index is 0.166. The van der Waals surface area contributed by atoms with Crippen molar-refractivity contribution in [2.24, 2.45) is 0 Å². The van der Waals surface area contributed by atoms with Crippen LogP contribution in [0.4, 0.5) is 0 Å². The highest BCUT2D eigenvalue weighted by Gasteiger charge is 2.38. The topological polar surface area (TPSA) is 23.6 Å². The summed E-state index contributed by atoms with van der Waals surface area (Å²) < 4.78 is 0.692. The highest BCUT2D eigenvalue weighted by molar-refractivity contribution is 7.17. The summed E-state index contributed by atoms with van der Waals surface area (Å²) in [6.45, 7) is 2.05. The van der Waals surface area contributed by atoms with E-state index < -0.39 is 0 Å². The SMILES string of the molecule is CN1CCC[C@H]1[C@@H]1CCCN1C(=O)c1ccc(Cl)s1. The maximum absolute atomic E-state index is 12.6. The monoisotopic (exact) mass is 298 g/mol. The molecule has 0 saturated carbocycles. The Kier molecular flexibility index (Phi) is 3.83. The molecule has 2 atom stereocenters. The van der Waals surface area contributed by atoms with E-state index in [9.17, 15) is 4.79 Å². The molecule has 0 aliphatic carbocycles. The Hall–Kier alpha value is -0.580. The quantitative estimate of drug-likeness (QED) is 0.837. The van der Waals surface area contributed by atoms with Crippen LogP contribution in [-0.4, -0.2) is 47.9 Å². The van der Waals surface area contributed by atoms with Gasteiger partial charge in [0.25, 0.3) is 5.91 Å². The van der Waals surface area contributed by atoms with E-state index in [4.69, 9.17) is 11.6 Å². The zero-order chi connectivity index (χ0) is 13.4. The molecule has 5 heteroatoms. The summed E-state index contributed by atoms with van der Waals surface area (Å²) in [5.74, 6) is 0.166. The van der Waals surface area contributed by atoms with Crippen LogP contribution in [0.5, 0.6) is 0 Å². The lowest BCUT2D eigenvalue weighted by atomic mass is 10.0. The first-order valence-electron chi connectivity index (χ1n) is 6.93. The summed E-state index contributed by atoms with van der Waals surface area (Å²) >= 11 is 7.33. The Bertz CT molecular complexity index is 476. The standard InChI is InChI=1S/C14H19ClN2OS/c1-16-8-2-4-10(16)11-5-3-9-17(11)14(18)12-6-7-13(15)19-12/h6-7,10-11H,2-5,8-9H2,1H3/t10-,11-/m0/s1. The second-order valence-corrected chi connectivity index (χ2v) is 7.22. The number of hydrogen-bond acceptors (Lipinski definition) is 3. The van der Waals surface area contributed by atoms with Crippen LogP contribution >= 0.6 is 22.9 Å². The second kappa shape index (κ2) is 5.43. The fraction of sp³-hybridized carbons (Fsp3) is 0.643. The number of halogens is 1. The predicted molar refractivity (Wildman–Crippen MR) is 79.0 cm³/mol. The number of rotatable bonds is 2. The number of hydrogen-bond donors (Lipinski definition) is 0. The maximum atomic E-state index is 12.6. The van der Waals surface area contributed by atoms with Gasteiger partial charge in [-0.3, -0.25) is 4.79 Å². The first-order chi connectivity index (χ1) is 9.16. The summed E-state index contributed by atoms with van der Waals surface area (Å²) in [5, 5.41) is 0. The number of likely N-dealkylation sites (tertiary alicyclic amines) is 2. The summed E-state index contributed by atoms with van der Waals surface area (Å²) in [5.41, 5.74) is 0. The molecule has 0 spiro atoms. The molecule has 0 N–H and O–H groups in total. The highest BCUT2D eigenvalue weighted by Crippen LogP contribution is 2.31. The van der Waals surface area contributed by atoms with E-state index in [1.54, 1.807) is 0 Å². The lowest BCUT2D eigenvalue weighted by molar-refractivity contribution is 0.0669. The molecule has 19 heavy (non-hydrogen) atoms. The molecule has 2 saturated heterocycles. The van der Waals surface area contributed by atoms with Crippen molar-refractivity contribution in [3.63, 3.8) is 0 Å². The molecule has 0 bridgehead atoms. The van der Waals surface area contributed by atoms with Gasteiger partial charge in [-0.05, 0) is 51.4 Å². The van der Waals surface area contributed by atoms with Crippen molar-refractivity contribution in [2.45, 2.75) is 37.8 Å². The van der Waals surface area contributed by atoms with Crippen LogP contribution in [0.3, 0.4) is 0 Å². The average Bonchev–Trinajstić information content (AvgIpc) is 3.07. The van der Waals surface area contributed by atoms with Gasteiger partial charge >= 0.3 is 0 Å². The molecule has 2 aliphatic rings. The van der Waals surface area contributed by atoms with Gasteiger partial charge in [0.05, 0.1) is 9.21 Å². The predicted octanol–water partition coefficient (Wildman–Crippen LogP) is 3.10. The normalized spacial score (nSPS) is 28.2. The second-order valence-electron chi connectivity index (χ2n) is 5.50. The van der Waals surface area contributed by atoms with E-state index in [0.717, 1.165) is 30.8 Å². The van der Waals surface area contributed by atoms with Crippen molar-refractivity contribution >= 4 is 28.8 Å². The molecule has 104 valence electrons. The van der Waals surface area contributed by atoms with Crippen LogP contribution in [0.1, 0.15) is 35.4 Å². The van der Waals surface area contributed by atoms with E-state index >= 15 is 0 Å². The molecule has 2 fully saturated rings. The minimum Gasteiger partial charge on any atom is -0.333 e. The maximum Gasteiger partial charge on any atom is 0.264 e. The largest absolute Gasteiger partial charge is 0.333 e. The van der Waals surface area contributed by atoms with Crippen molar-refractivity contribution in [3.05, 3.63) is 21.3 Å². The molecule has 3 heterocycles. The van der Waals surface area contributed by atoms with Crippen molar-refractivity contribution in [3.8, 4) is 0 Å². The van der Waals surface area contributed by atoms with Gasteiger partial charge in [0.1, 0.15) is 0 Å². The van der Waals surface area contributed by atoms with Crippen molar-refractivity contribution in [2.75, 3.05) is 20.1 Å². The van der Waals surface area contributed by atoms with E-state index in [2.05, 4.69) is 16.8 Å². The summed E-state index contributed by atoms with van der Waals surface area (Å²) in [6, 6.07) is 4.60. The summed E-state index contributed by atoms with van der Waals surface area (Å²) in [7, 11) is 2.18. The third kappa shape index (κ3) is 2.54. The zero-order valence-corrected chi connectivity index (χ0v) is 12.7. The van der Waals surface area contributed by atoms with Crippen molar-refractivity contribution in [1.29, 1.82) is 0 Å². The van der Waals surface area contributed by atoms with Gasteiger partial charge in [-0.2, -0.15) is 0 Å². The Morgan fingerprint density at radius 3 is 2.63 bits per heavy atom. The van der Waals surface area contributed by atoms with E-state index in [1.165, 1.54) is 24.2 Å². The zero-order valence-electron chi connectivity index (χ0n) is 11.1. The smallest absolute Gasteiger partial charge is 0.264 e. The first-order valence-corrected chi connectivity index (χ1v) is 8.13. The van der Waals surface area contributed by atoms with Crippen LogP contribution in [0.25, 0.3) is 0 Å². The van der Waals surface area contributed by atoms with Gasteiger partial charge in [0.15, 0.2) is 0 Å². The van der Waals surface area contributed by atoms with Crippen molar-refractivity contribution < 1.29 is 4.79 Å². The molecule has 3 nitrogen and oxygen atoms in total. The van der Waals surface area contributed by atoms with E-state index in [0.29, 0.717) is 16.4 Å². The van der Waals surface area contributed by atoms with Crippen LogP contribution in [0, 0.1) is 0 Å². The fourth-order valence-corrected chi connectivity index (χ4v) is 4.44. The Morgan fingerprint density at radius 2 is 2.00 bits per heavy atom. The number of carbonyl (C=O) groups is 1. The molecular weight excluding hydrogens is 280 g/mol. The number of nitrogens with zero attached hydrogens (tertiary/aromatic N) is 2. The summed E-state index contributed by atoms with van der Waals surface area (Å²) in [4.78, 5) is 17.9. The first kappa shape index (κ1) is 13.4. The molecular formula is C14H19ClN2OS. The van der Waals surface area contributed by atoms with Crippen molar-refractivity contribution in [1.82, 2.24) is 9.80 Å². The van der Waals surface area contributed by atoms with Gasteiger partial charge in [0, 0.05) is 18.6 Å². The van der Waals surface area contributed by atoms with E-state index in [1.807, 2.05) is 12.1 Å². The molecule has 1 amide bonds. The van der Waals surface area contributed by atoms with Gasteiger partial charge in [-0.1, -0.05) is 11.6 Å². The van der Waals surface area contributed by atoms with Gasteiger partial charge in [-0.25, -0.2) is 0 Å². The summed E-state index contributed by atoms with van der Waals surface area (Å²) in [6.07, 6.45) is 4.74. The third-order valence-corrected chi connectivity index (χ3v) is 5.58. The number of thiophene rings is 1. The average molecular weight is 299 g/mol. The van der Waals surface area contributed by atoms with Gasteiger partial charge < -0.3 is 9.80 Å². The van der Waals surface area contributed by atoms with Gasteiger partial charge in [0.2, 0.25) is 0 Å². The van der Waals surface area contributed by atoms with Crippen LogP contribution in [-0.2, 0) is 0 Å². The Balaban J connectivity index is 1.77. The molecule has 1 aromatic rings. The van der Waals surface area contributed by atoms with Gasteiger partial charge in [-0.15, -0.1) is 11.3 Å². The molecule has 0 unspecified atom stereocenters. The minimum atomic E-state index is 0.166. The van der Waals surface area contributed by atoms with Crippen LogP contribution in [0.15, 0.2) is 12.1 Å². The molecule has 1 aromatic heterocycles. The lowest BCUT2D eigenvalue weighted by Gasteiger charge is -2.33. The van der Waals surface area contributed by atoms with Crippen LogP contribution in [0.2, 0.25) is 4.34 Å². The number of likely N-dealkylation sites (N-methyl/N-ethyl adjacent to an activating group) is 1. The highest BCUT2D eigenvalue weighted by atomic mass is 35.5. The van der Waals surface area contributed by atoms with Crippen LogP contribution < -0.4 is 0 Å². The molecule has 0 radical (unpaired) electrons. The lowest BCUT2D eigenvalue weighted by Crippen LogP contribution is -2.46. The Labute approximate surface area is 123 Å². The number of carbonyl (C=O) groups excluding carboxylic acids is 1. The molecule has 0 aromatic carbocycles. The fourth-order valence-electron chi connectivity index (χ4n) is 3.44. The molecule has 2 aliphatic heterocycles.